The average Bonchev–Trinajstić information content (AvgIpc) is 2.61. The number of nitrogens with one attached hydrogen (secondary N) is 1. The number of halogens is 1. The molecule has 0 aliphatic rings. The Morgan fingerprint density at radius 3 is 2.33 bits per heavy atom. The van der Waals surface area contributed by atoms with E-state index in [2.05, 4.69) is 5.32 Å². The van der Waals surface area contributed by atoms with Crippen molar-refractivity contribution < 1.29 is 22.3 Å². The molecule has 0 saturated heterocycles. The molecule has 0 aromatic heterocycles. The summed E-state index contributed by atoms with van der Waals surface area (Å²) in [5, 5.41) is 13.5. The van der Waals surface area contributed by atoms with E-state index < -0.39 is 6.10 Å². The number of carbonyl (C=O) groups is 1. The highest BCUT2D eigenvalue weighted by atomic mass is 35.5. The van der Waals surface area contributed by atoms with Crippen LogP contribution in [0.5, 0.6) is 0 Å². The SMILES string of the molecule is CSc1ccc(C(=O)CCNC(C)C(O)c2ccccc2)cc1.[Cl-]. The van der Waals surface area contributed by atoms with Gasteiger partial charge in [0, 0.05) is 29.5 Å². The minimum absolute atomic E-state index is 0. The van der Waals surface area contributed by atoms with E-state index in [9.17, 15) is 9.90 Å². The third-order valence-corrected chi connectivity index (χ3v) is 4.59. The summed E-state index contributed by atoms with van der Waals surface area (Å²) in [5.41, 5.74) is 1.62. The van der Waals surface area contributed by atoms with Crippen molar-refractivity contribution in [3.05, 3.63) is 65.7 Å². The molecule has 0 bridgehead atoms. The van der Waals surface area contributed by atoms with Gasteiger partial charge in [0.2, 0.25) is 0 Å². The molecular formula is C19H23ClNO2S-. The molecular weight excluding hydrogens is 342 g/mol. The molecule has 0 fully saturated rings. The van der Waals surface area contributed by atoms with Crippen LogP contribution in [0.25, 0.3) is 0 Å². The zero-order valence-electron chi connectivity index (χ0n) is 13.9. The van der Waals surface area contributed by atoms with Crippen LogP contribution in [0.15, 0.2) is 59.5 Å². The van der Waals surface area contributed by atoms with Crippen LogP contribution in [-0.2, 0) is 0 Å². The van der Waals surface area contributed by atoms with Gasteiger partial charge in [-0.25, -0.2) is 0 Å². The molecule has 2 unspecified atom stereocenters. The first-order valence-electron chi connectivity index (χ1n) is 7.75. The summed E-state index contributed by atoms with van der Waals surface area (Å²) in [6.07, 6.45) is 1.86. The Morgan fingerprint density at radius 2 is 1.75 bits per heavy atom. The first kappa shape index (κ1) is 20.7. The third kappa shape index (κ3) is 5.95. The number of hydrogen-bond donors (Lipinski definition) is 2. The zero-order chi connectivity index (χ0) is 16.7. The van der Waals surface area contributed by atoms with Crippen LogP contribution in [-0.4, -0.2) is 29.7 Å². The number of carbonyl (C=O) groups excluding carboxylic acids is 1. The smallest absolute Gasteiger partial charge is 0.164 e. The molecule has 0 spiro atoms. The quantitative estimate of drug-likeness (QED) is 0.534. The van der Waals surface area contributed by atoms with Crippen molar-refractivity contribution in [2.24, 2.45) is 0 Å². The van der Waals surface area contributed by atoms with Crippen molar-refractivity contribution in [1.29, 1.82) is 0 Å². The maximum atomic E-state index is 12.2. The van der Waals surface area contributed by atoms with Crippen LogP contribution < -0.4 is 17.7 Å². The molecule has 0 aliphatic heterocycles. The number of rotatable bonds is 8. The van der Waals surface area contributed by atoms with Crippen LogP contribution in [0.2, 0.25) is 0 Å². The van der Waals surface area contributed by atoms with Gasteiger partial charge in [-0.2, -0.15) is 0 Å². The van der Waals surface area contributed by atoms with Crippen molar-refractivity contribution in [3.8, 4) is 0 Å². The van der Waals surface area contributed by atoms with E-state index in [4.69, 9.17) is 0 Å². The first-order chi connectivity index (χ1) is 11.1. The monoisotopic (exact) mass is 364 g/mol. The van der Waals surface area contributed by atoms with Gasteiger partial charge < -0.3 is 22.8 Å². The topological polar surface area (TPSA) is 49.3 Å². The summed E-state index contributed by atoms with van der Waals surface area (Å²) >= 11 is 1.66. The Morgan fingerprint density at radius 1 is 1.12 bits per heavy atom. The first-order valence-corrected chi connectivity index (χ1v) is 8.98. The fourth-order valence-electron chi connectivity index (χ4n) is 2.39. The molecule has 0 radical (unpaired) electrons. The van der Waals surface area contributed by atoms with E-state index in [0.717, 1.165) is 16.0 Å². The number of benzene rings is 2. The molecule has 0 amide bonds. The molecule has 0 saturated carbocycles. The summed E-state index contributed by atoms with van der Waals surface area (Å²) in [5.74, 6) is 0.117. The van der Waals surface area contributed by atoms with Crippen molar-refractivity contribution in [1.82, 2.24) is 5.32 Å². The second-order valence-corrected chi connectivity index (χ2v) is 6.38. The molecule has 2 N–H and O–H groups in total. The van der Waals surface area contributed by atoms with Crippen molar-refractivity contribution in [2.45, 2.75) is 30.4 Å². The fourth-order valence-corrected chi connectivity index (χ4v) is 2.79. The van der Waals surface area contributed by atoms with Crippen LogP contribution in [0.1, 0.15) is 35.4 Å². The van der Waals surface area contributed by atoms with E-state index in [1.165, 1.54) is 0 Å². The Kier molecular flexibility index (Phi) is 9.08. The fraction of sp³-hybridized carbons (Fsp3) is 0.316. The maximum absolute atomic E-state index is 12.2. The number of aliphatic hydroxyl groups is 1. The number of ketones is 1. The van der Waals surface area contributed by atoms with E-state index in [1.807, 2.05) is 67.8 Å². The lowest BCUT2D eigenvalue weighted by molar-refractivity contribution is -0.0000140. The lowest BCUT2D eigenvalue weighted by atomic mass is 10.0. The minimum Gasteiger partial charge on any atom is -1.00 e. The maximum Gasteiger partial charge on any atom is 0.164 e. The molecule has 130 valence electrons. The molecule has 5 heteroatoms. The highest BCUT2D eigenvalue weighted by molar-refractivity contribution is 7.98. The summed E-state index contributed by atoms with van der Waals surface area (Å²) in [4.78, 5) is 13.3. The van der Waals surface area contributed by atoms with Crippen molar-refractivity contribution in [3.63, 3.8) is 0 Å². The zero-order valence-corrected chi connectivity index (χ0v) is 15.5. The number of Topliss-reactive ketones (excluding diaryl/α,β-unsaturated/α-hetero) is 1. The second kappa shape index (κ2) is 10.5. The van der Waals surface area contributed by atoms with Gasteiger partial charge in [-0.1, -0.05) is 42.5 Å². The van der Waals surface area contributed by atoms with Gasteiger partial charge in [0.1, 0.15) is 0 Å². The van der Waals surface area contributed by atoms with Gasteiger partial charge in [0.25, 0.3) is 0 Å². The standard InChI is InChI=1S/C19H23NO2S.ClH/c1-14(19(22)16-6-4-3-5-7-16)20-13-12-18(21)15-8-10-17(23-2)11-9-15;/h3-11,14,19-20,22H,12-13H2,1-2H3;1H/p-1. The van der Waals surface area contributed by atoms with Crippen LogP contribution in [0.4, 0.5) is 0 Å². The number of hydrogen-bond acceptors (Lipinski definition) is 4. The minimum atomic E-state index is -0.577. The van der Waals surface area contributed by atoms with Crippen molar-refractivity contribution >= 4 is 17.5 Å². The van der Waals surface area contributed by atoms with E-state index in [1.54, 1.807) is 11.8 Å². The van der Waals surface area contributed by atoms with Gasteiger partial charge in [-0.05, 0) is 30.9 Å². The van der Waals surface area contributed by atoms with Gasteiger partial charge in [-0.3, -0.25) is 4.79 Å². The summed E-state index contributed by atoms with van der Waals surface area (Å²) in [7, 11) is 0. The van der Waals surface area contributed by atoms with E-state index >= 15 is 0 Å². The summed E-state index contributed by atoms with van der Waals surface area (Å²) < 4.78 is 0. The predicted molar refractivity (Wildman–Crippen MR) is 96.0 cm³/mol. The summed E-state index contributed by atoms with van der Waals surface area (Å²) in [6, 6.07) is 17.1. The highest BCUT2D eigenvalue weighted by Gasteiger charge is 2.15. The molecule has 24 heavy (non-hydrogen) atoms. The van der Waals surface area contributed by atoms with Crippen molar-refractivity contribution in [2.75, 3.05) is 12.8 Å². The lowest BCUT2D eigenvalue weighted by Gasteiger charge is -2.20. The average molecular weight is 365 g/mol. The van der Waals surface area contributed by atoms with Crippen LogP contribution >= 0.6 is 11.8 Å². The molecule has 2 aromatic carbocycles. The number of aliphatic hydroxyl groups excluding tert-OH is 1. The number of thioether (sulfide) groups is 1. The predicted octanol–water partition coefficient (Wildman–Crippen LogP) is 0.697. The Labute approximate surface area is 154 Å². The van der Waals surface area contributed by atoms with Gasteiger partial charge in [0.15, 0.2) is 5.78 Å². The van der Waals surface area contributed by atoms with Gasteiger partial charge >= 0.3 is 0 Å². The molecule has 2 rings (SSSR count). The second-order valence-electron chi connectivity index (χ2n) is 5.50. The molecule has 2 atom stereocenters. The third-order valence-electron chi connectivity index (χ3n) is 3.85. The normalized spacial score (nSPS) is 13.0. The molecule has 2 aromatic rings. The van der Waals surface area contributed by atoms with Gasteiger partial charge in [-0.15, -0.1) is 11.8 Å². The molecule has 0 aliphatic carbocycles. The van der Waals surface area contributed by atoms with Crippen LogP contribution in [0, 0.1) is 0 Å². The lowest BCUT2D eigenvalue weighted by Crippen LogP contribution is -3.00. The Hall–Kier alpha value is -1.33. The van der Waals surface area contributed by atoms with E-state index in [-0.39, 0.29) is 24.2 Å². The highest BCUT2D eigenvalue weighted by Crippen LogP contribution is 2.17. The van der Waals surface area contributed by atoms with Gasteiger partial charge in [0.05, 0.1) is 6.10 Å². The van der Waals surface area contributed by atoms with Crippen LogP contribution in [0.3, 0.4) is 0 Å². The van der Waals surface area contributed by atoms with E-state index in [0.29, 0.717) is 13.0 Å². The largest absolute Gasteiger partial charge is 1.00 e. The Balaban J connectivity index is 0.00000288. The molecule has 3 nitrogen and oxygen atoms in total. The Bertz CT molecular complexity index is 619. The molecule has 0 heterocycles. The summed E-state index contributed by atoms with van der Waals surface area (Å²) in [6.45, 7) is 2.48.